The van der Waals surface area contributed by atoms with E-state index in [-0.39, 0.29) is 11.4 Å². The van der Waals surface area contributed by atoms with Gasteiger partial charge in [0.15, 0.2) is 5.69 Å². The number of carbonyl (C=O) groups excluding carboxylic acids is 1. The maximum absolute atomic E-state index is 12.2. The summed E-state index contributed by atoms with van der Waals surface area (Å²) in [7, 11) is 1.56. The predicted octanol–water partition coefficient (Wildman–Crippen LogP) is 1.94. The molecule has 1 N–H and O–H groups in total. The van der Waals surface area contributed by atoms with Gasteiger partial charge in [-0.15, -0.1) is 0 Å². The van der Waals surface area contributed by atoms with E-state index in [2.05, 4.69) is 4.98 Å². The number of amides is 1. The highest BCUT2D eigenvalue weighted by Crippen LogP contribution is 2.20. The van der Waals surface area contributed by atoms with Crippen molar-refractivity contribution in [3.8, 4) is 11.8 Å². The molecule has 1 amide bonds. The molecule has 94 valence electrons. The number of hydrogen-bond acceptors (Lipinski definition) is 4. The van der Waals surface area contributed by atoms with Gasteiger partial charge in [0.05, 0.1) is 11.6 Å². The molecule has 0 saturated carbocycles. The van der Waals surface area contributed by atoms with Crippen LogP contribution in [-0.4, -0.2) is 23.0 Å². The predicted molar refractivity (Wildman–Crippen MR) is 69.8 cm³/mol. The van der Waals surface area contributed by atoms with Crippen molar-refractivity contribution < 1.29 is 9.90 Å². The fourth-order valence-electron chi connectivity index (χ4n) is 1.62. The summed E-state index contributed by atoms with van der Waals surface area (Å²) in [5.41, 5.74) is 1.00. The average molecular weight is 253 g/mol. The zero-order valence-electron chi connectivity index (χ0n) is 10.2. The Hall–Kier alpha value is -2.87. The van der Waals surface area contributed by atoms with E-state index in [9.17, 15) is 9.90 Å². The van der Waals surface area contributed by atoms with Crippen molar-refractivity contribution in [2.45, 2.75) is 0 Å². The minimum atomic E-state index is -0.437. The first kappa shape index (κ1) is 12.6. The molecule has 0 aliphatic heterocycles. The van der Waals surface area contributed by atoms with E-state index in [0.717, 1.165) is 0 Å². The van der Waals surface area contributed by atoms with Gasteiger partial charge >= 0.3 is 0 Å². The number of pyridine rings is 1. The molecule has 0 saturated heterocycles. The smallest absolute Gasteiger partial charge is 0.280 e. The van der Waals surface area contributed by atoms with Crippen molar-refractivity contribution in [1.82, 2.24) is 4.98 Å². The number of anilines is 1. The Morgan fingerprint density at radius 3 is 2.84 bits per heavy atom. The molecular formula is C14H11N3O2. The third kappa shape index (κ3) is 2.53. The van der Waals surface area contributed by atoms with Gasteiger partial charge in [-0.25, -0.2) is 4.98 Å². The summed E-state index contributed by atoms with van der Waals surface area (Å²) in [4.78, 5) is 17.4. The van der Waals surface area contributed by atoms with Crippen molar-refractivity contribution in [3.05, 3.63) is 53.9 Å². The van der Waals surface area contributed by atoms with Crippen LogP contribution in [0.25, 0.3) is 0 Å². The summed E-state index contributed by atoms with van der Waals surface area (Å²) in [6, 6.07) is 11.6. The van der Waals surface area contributed by atoms with Crippen LogP contribution in [0.5, 0.6) is 5.75 Å². The highest BCUT2D eigenvalue weighted by atomic mass is 16.3. The number of nitrogens with zero attached hydrogens (tertiary/aromatic N) is 3. The zero-order valence-corrected chi connectivity index (χ0v) is 10.2. The van der Waals surface area contributed by atoms with E-state index in [4.69, 9.17) is 5.26 Å². The van der Waals surface area contributed by atoms with Gasteiger partial charge in [-0.1, -0.05) is 6.07 Å². The molecule has 0 aliphatic carbocycles. The molecule has 0 aliphatic rings. The van der Waals surface area contributed by atoms with Crippen LogP contribution in [-0.2, 0) is 0 Å². The number of rotatable bonds is 2. The Bertz CT molecular complexity index is 662. The van der Waals surface area contributed by atoms with Crippen LogP contribution in [0.15, 0.2) is 42.6 Å². The first-order valence-electron chi connectivity index (χ1n) is 5.55. The first-order chi connectivity index (χ1) is 9.13. The molecule has 1 heterocycles. The third-order valence-electron chi connectivity index (χ3n) is 2.66. The summed E-state index contributed by atoms with van der Waals surface area (Å²) in [6.45, 7) is 0. The average Bonchev–Trinajstić information content (AvgIpc) is 2.46. The van der Waals surface area contributed by atoms with Crippen LogP contribution >= 0.6 is 0 Å². The second kappa shape index (κ2) is 5.19. The highest BCUT2D eigenvalue weighted by molar-refractivity contribution is 6.06. The lowest BCUT2D eigenvalue weighted by molar-refractivity contribution is 0.0985. The summed E-state index contributed by atoms with van der Waals surface area (Å²) in [5, 5.41) is 18.5. The summed E-state index contributed by atoms with van der Waals surface area (Å²) in [6.07, 6.45) is 1.44. The molecule has 0 fully saturated rings. The van der Waals surface area contributed by atoms with Gasteiger partial charge in [-0.3, -0.25) is 4.79 Å². The number of benzene rings is 1. The number of hydrogen-bond donors (Lipinski definition) is 1. The lowest BCUT2D eigenvalue weighted by atomic mass is 10.2. The van der Waals surface area contributed by atoms with Crippen LogP contribution in [0, 0.1) is 11.3 Å². The Morgan fingerprint density at radius 1 is 1.37 bits per heavy atom. The van der Waals surface area contributed by atoms with E-state index in [1.165, 1.54) is 17.2 Å². The van der Waals surface area contributed by atoms with Crippen molar-refractivity contribution in [3.63, 3.8) is 0 Å². The van der Waals surface area contributed by atoms with E-state index < -0.39 is 5.91 Å². The van der Waals surface area contributed by atoms with E-state index in [1.807, 2.05) is 6.07 Å². The van der Waals surface area contributed by atoms with Gasteiger partial charge in [0.1, 0.15) is 5.75 Å². The van der Waals surface area contributed by atoms with Crippen LogP contribution in [0.1, 0.15) is 16.1 Å². The molecule has 0 bridgehead atoms. The van der Waals surface area contributed by atoms with Gasteiger partial charge in [0.2, 0.25) is 0 Å². The van der Waals surface area contributed by atoms with E-state index in [0.29, 0.717) is 11.3 Å². The zero-order chi connectivity index (χ0) is 13.8. The molecule has 0 radical (unpaired) electrons. The van der Waals surface area contributed by atoms with Gasteiger partial charge in [0.25, 0.3) is 5.91 Å². The first-order valence-corrected chi connectivity index (χ1v) is 5.55. The SMILES string of the molecule is CN(C(=O)c1ncccc1O)c1cccc(C#N)c1. The second-order valence-corrected chi connectivity index (χ2v) is 3.90. The summed E-state index contributed by atoms with van der Waals surface area (Å²) >= 11 is 0. The lowest BCUT2D eigenvalue weighted by Crippen LogP contribution is -2.27. The maximum atomic E-state index is 12.2. The monoisotopic (exact) mass is 253 g/mol. The molecule has 19 heavy (non-hydrogen) atoms. The molecular weight excluding hydrogens is 242 g/mol. The Kier molecular flexibility index (Phi) is 3.44. The van der Waals surface area contributed by atoms with Crippen molar-refractivity contribution >= 4 is 11.6 Å². The van der Waals surface area contributed by atoms with E-state index >= 15 is 0 Å². The van der Waals surface area contributed by atoms with Gasteiger partial charge in [-0.2, -0.15) is 5.26 Å². The molecule has 2 aromatic rings. The Morgan fingerprint density at radius 2 is 2.16 bits per heavy atom. The molecule has 5 heteroatoms. The fourth-order valence-corrected chi connectivity index (χ4v) is 1.62. The molecule has 5 nitrogen and oxygen atoms in total. The van der Waals surface area contributed by atoms with Crippen LogP contribution < -0.4 is 4.90 Å². The molecule has 2 rings (SSSR count). The molecule has 1 aromatic heterocycles. The van der Waals surface area contributed by atoms with Gasteiger partial charge in [-0.05, 0) is 30.3 Å². The number of aromatic nitrogens is 1. The minimum absolute atomic E-state index is 0.0210. The molecule has 1 aromatic carbocycles. The Balaban J connectivity index is 2.34. The largest absolute Gasteiger partial charge is 0.505 e. The van der Waals surface area contributed by atoms with Gasteiger partial charge < -0.3 is 10.0 Å². The summed E-state index contributed by atoms with van der Waals surface area (Å²) < 4.78 is 0. The second-order valence-electron chi connectivity index (χ2n) is 3.90. The third-order valence-corrected chi connectivity index (χ3v) is 2.66. The number of nitriles is 1. The van der Waals surface area contributed by atoms with E-state index in [1.54, 1.807) is 37.4 Å². The van der Waals surface area contributed by atoms with Crippen LogP contribution in [0.4, 0.5) is 5.69 Å². The minimum Gasteiger partial charge on any atom is -0.505 e. The number of aromatic hydroxyl groups is 1. The van der Waals surface area contributed by atoms with Crippen molar-refractivity contribution in [2.75, 3.05) is 11.9 Å². The normalized spacial score (nSPS) is 9.68. The molecule has 0 unspecified atom stereocenters. The highest BCUT2D eigenvalue weighted by Gasteiger charge is 2.18. The maximum Gasteiger partial charge on any atom is 0.280 e. The number of carbonyl (C=O) groups is 1. The van der Waals surface area contributed by atoms with Crippen LogP contribution in [0.2, 0.25) is 0 Å². The van der Waals surface area contributed by atoms with Gasteiger partial charge in [0, 0.05) is 18.9 Å². The van der Waals surface area contributed by atoms with Crippen molar-refractivity contribution in [1.29, 1.82) is 5.26 Å². The Labute approximate surface area is 110 Å². The standard InChI is InChI=1S/C14H11N3O2/c1-17(11-5-2-4-10(8-11)9-15)14(19)13-12(18)6-3-7-16-13/h2-8,18H,1H3. The summed E-state index contributed by atoms with van der Waals surface area (Å²) in [5.74, 6) is -0.607. The van der Waals surface area contributed by atoms with Crippen LogP contribution in [0.3, 0.4) is 0 Å². The fraction of sp³-hybridized carbons (Fsp3) is 0.0714. The van der Waals surface area contributed by atoms with Crippen molar-refractivity contribution in [2.24, 2.45) is 0 Å². The quantitative estimate of drug-likeness (QED) is 0.887. The lowest BCUT2D eigenvalue weighted by Gasteiger charge is -2.17. The molecule has 0 spiro atoms. The molecule has 0 atom stereocenters. The topological polar surface area (TPSA) is 77.2 Å².